The maximum absolute atomic E-state index is 12.9. The van der Waals surface area contributed by atoms with Crippen molar-refractivity contribution in [3.05, 3.63) is 95.1 Å². The second-order valence-electron chi connectivity index (χ2n) is 8.48. The number of nitrogens with zero attached hydrogens (tertiary/aromatic N) is 2. The predicted molar refractivity (Wildman–Crippen MR) is 131 cm³/mol. The van der Waals surface area contributed by atoms with Crippen LogP contribution in [0.3, 0.4) is 0 Å². The fraction of sp³-hybridized carbons (Fsp3) is 0.269. The molecule has 0 aliphatic carbocycles. The third kappa shape index (κ3) is 5.61. The molecule has 1 aliphatic rings. The van der Waals surface area contributed by atoms with Gasteiger partial charge in [-0.05, 0) is 66.9 Å². The van der Waals surface area contributed by atoms with E-state index < -0.39 is 10.0 Å². The Hall–Kier alpha value is -3.16. The largest absolute Gasteiger partial charge is 0.336 e. The quantitative estimate of drug-likeness (QED) is 0.599. The maximum atomic E-state index is 12.9. The molecule has 1 fully saturated rings. The van der Waals surface area contributed by atoms with E-state index >= 15 is 0 Å². The van der Waals surface area contributed by atoms with Crippen LogP contribution in [0.2, 0.25) is 0 Å². The number of piperazine rings is 1. The number of amides is 1. The molecule has 1 amide bonds. The highest BCUT2D eigenvalue weighted by Crippen LogP contribution is 2.20. The van der Waals surface area contributed by atoms with Gasteiger partial charge in [0.1, 0.15) is 0 Å². The van der Waals surface area contributed by atoms with Gasteiger partial charge in [-0.1, -0.05) is 36.4 Å². The molecule has 3 aromatic rings. The zero-order chi connectivity index (χ0) is 23.4. The van der Waals surface area contributed by atoms with Crippen LogP contribution in [0.5, 0.6) is 0 Å². The van der Waals surface area contributed by atoms with Crippen LogP contribution in [0.25, 0.3) is 0 Å². The van der Waals surface area contributed by atoms with Gasteiger partial charge in [0.05, 0.1) is 4.90 Å². The first kappa shape index (κ1) is 23.0. The second-order valence-corrected chi connectivity index (χ2v) is 10.2. The molecule has 172 valence electrons. The van der Waals surface area contributed by atoms with Crippen LogP contribution in [0.15, 0.2) is 77.7 Å². The van der Waals surface area contributed by atoms with Crippen molar-refractivity contribution in [1.29, 1.82) is 0 Å². The van der Waals surface area contributed by atoms with Gasteiger partial charge in [0, 0.05) is 44.0 Å². The van der Waals surface area contributed by atoms with E-state index in [0.29, 0.717) is 24.3 Å². The molecule has 0 saturated carbocycles. The number of hydrogen-bond donors (Lipinski definition) is 1. The standard InChI is InChI=1S/C26H29N3O3S/c1-20-8-13-25(18-21(20)2)33(31,32)27-24-11-9-23(10-12-24)26(30)29-16-14-28(15-17-29)19-22-6-4-3-5-7-22/h3-13,18,27H,14-17,19H2,1-2H3. The van der Waals surface area contributed by atoms with E-state index in [9.17, 15) is 13.2 Å². The number of rotatable bonds is 6. The first-order valence-electron chi connectivity index (χ1n) is 11.1. The van der Waals surface area contributed by atoms with E-state index in [0.717, 1.165) is 30.8 Å². The molecule has 3 aromatic carbocycles. The van der Waals surface area contributed by atoms with Gasteiger partial charge >= 0.3 is 0 Å². The Kier molecular flexibility index (Phi) is 6.81. The van der Waals surface area contributed by atoms with Gasteiger partial charge in [-0.25, -0.2) is 8.42 Å². The first-order chi connectivity index (χ1) is 15.8. The summed E-state index contributed by atoms with van der Waals surface area (Å²) in [4.78, 5) is 17.4. The zero-order valence-electron chi connectivity index (χ0n) is 19.0. The van der Waals surface area contributed by atoms with Crippen LogP contribution in [0.4, 0.5) is 5.69 Å². The number of carbonyl (C=O) groups is 1. The van der Waals surface area contributed by atoms with Crippen LogP contribution in [0.1, 0.15) is 27.0 Å². The number of nitrogens with one attached hydrogen (secondary N) is 1. The van der Waals surface area contributed by atoms with Crippen molar-refractivity contribution >= 4 is 21.6 Å². The Labute approximate surface area is 195 Å². The molecule has 6 nitrogen and oxygen atoms in total. The molecule has 0 atom stereocenters. The predicted octanol–water partition coefficient (Wildman–Crippen LogP) is 4.06. The van der Waals surface area contributed by atoms with Crippen LogP contribution in [0, 0.1) is 13.8 Å². The lowest BCUT2D eigenvalue weighted by Crippen LogP contribution is -2.48. The number of benzene rings is 3. The minimum atomic E-state index is -3.69. The highest BCUT2D eigenvalue weighted by atomic mass is 32.2. The lowest BCUT2D eigenvalue weighted by molar-refractivity contribution is 0.0628. The molecule has 33 heavy (non-hydrogen) atoms. The third-order valence-electron chi connectivity index (χ3n) is 6.08. The summed E-state index contributed by atoms with van der Waals surface area (Å²) in [6, 6.07) is 22.0. The highest BCUT2D eigenvalue weighted by molar-refractivity contribution is 7.92. The monoisotopic (exact) mass is 463 g/mol. The van der Waals surface area contributed by atoms with Crippen LogP contribution >= 0.6 is 0 Å². The average molecular weight is 464 g/mol. The molecule has 0 bridgehead atoms. The minimum Gasteiger partial charge on any atom is -0.336 e. The van der Waals surface area contributed by atoms with Gasteiger partial charge < -0.3 is 4.90 Å². The molecule has 1 heterocycles. The average Bonchev–Trinajstić information content (AvgIpc) is 2.82. The Balaban J connectivity index is 1.35. The van der Waals surface area contributed by atoms with Gasteiger partial charge in [-0.15, -0.1) is 0 Å². The summed E-state index contributed by atoms with van der Waals surface area (Å²) in [5, 5.41) is 0. The Morgan fingerprint density at radius 2 is 1.52 bits per heavy atom. The van der Waals surface area contributed by atoms with Gasteiger partial charge in [0.2, 0.25) is 0 Å². The zero-order valence-corrected chi connectivity index (χ0v) is 19.8. The van der Waals surface area contributed by atoms with Crippen molar-refractivity contribution in [1.82, 2.24) is 9.80 Å². The van der Waals surface area contributed by atoms with Crippen molar-refractivity contribution in [3.8, 4) is 0 Å². The molecule has 0 unspecified atom stereocenters. The molecule has 7 heteroatoms. The van der Waals surface area contributed by atoms with Crippen molar-refractivity contribution < 1.29 is 13.2 Å². The summed E-state index contributed by atoms with van der Waals surface area (Å²) in [7, 11) is -3.69. The van der Waals surface area contributed by atoms with Crippen LogP contribution in [-0.2, 0) is 16.6 Å². The third-order valence-corrected chi connectivity index (χ3v) is 7.46. The SMILES string of the molecule is Cc1ccc(S(=O)(=O)Nc2ccc(C(=O)N3CCN(Cc4ccccc4)CC3)cc2)cc1C. The molecule has 1 aliphatic heterocycles. The van der Waals surface area contributed by atoms with Crippen molar-refractivity contribution in [3.63, 3.8) is 0 Å². The fourth-order valence-corrected chi connectivity index (χ4v) is 5.05. The fourth-order valence-electron chi connectivity index (χ4n) is 3.91. The van der Waals surface area contributed by atoms with E-state index in [1.54, 1.807) is 42.5 Å². The second kappa shape index (κ2) is 9.77. The molecular formula is C26H29N3O3S. The first-order valence-corrected chi connectivity index (χ1v) is 12.6. The number of carbonyl (C=O) groups excluding carboxylic acids is 1. The molecule has 1 N–H and O–H groups in total. The van der Waals surface area contributed by atoms with Gasteiger partial charge in [0.25, 0.3) is 15.9 Å². The van der Waals surface area contributed by atoms with E-state index in [2.05, 4.69) is 21.8 Å². The Bertz CT molecular complexity index is 1220. The molecule has 0 spiro atoms. The van der Waals surface area contributed by atoms with Gasteiger partial charge in [-0.3, -0.25) is 14.4 Å². The van der Waals surface area contributed by atoms with Crippen molar-refractivity contribution in [2.24, 2.45) is 0 Å². The van der Waals surface area contributed by atoms with Gasteiger partial charge in [-0.2, -0.15) is 0 Å². The summed E-state index contributed by atoms with van der Waals surface area (Å²) >= 11 is 0. The summed E-state index contributed by atoms with van der Waals surface area (Å²) in [5.74, 6) is -0.0297. The molecule has 4 rings (SSSR count). The Morgan fingerprint density at radius 3 is 2.15 bits per heavy atom. The number of sulfonamides is 1. The van der Waals surface area contributed by atoms with E-state index in [-0.39, 0.29) is 10.8 Å². The summed E-state index contributed by atoms with van der Waals surface area (Å²) in [5.41, 5.74) is 4.22. The minimum absolute atomic E-state index is 0.0297. The lowest BCUT2D eigenvalue weighted by Gasteiger charge is -2.34. The van der Waals surface area contributed by atoms with Crippen LogP contribution < -0.4 is 4.72 Å². The Morgan fingerprint density at radius 1 is 0.848 bits per heavy atom. The number of anilines is 1. The highest BCUT2D eigenvalue weighted by Gasteiger charge is 2.22. The summed E-state index contributed by atoms with van der Waals surface area (Å²) < 4.78 is 28.0. The molecular weight excluding hydrogens is 434 g/mol. The molecule has 0 aromatic heterocycles. The topological polar surface area (TPSA) is 69.7 Å². The van der Waals surface area contributed by atoms with Crippen molar-refractivity contribution in [2.45, 2.75) is 25.3 Å². The number of aryl methyl sites for hydroxylation is 2. The van der Waals surface area contributed by atoms with E-state index in [1.165, 1.54) is 5.56 Å². The molecule has 0 radical (unpaired) electrons. The maximum Gasteiger partial charge on any atom is 0.261 e. The smallest absolute Gasteiger partial charge is 0.261 e. The van der Waals surface area contributed by atoms with E-state index in [1.807, 2.05) is 36.9 Å². The normalized spacial score (nSPS) is 14.8. The van der Waals surface area contributed by atoms with Crippen LogP contribution in [-0.4, -0.2) is 50.3 Å². The van der Waals surface area contributed by atoms with Crippen molar-refractivity contribution in [2.75, 3.05) is 30.9 Å². The van der Waals surface area contributed by atoms with E-state index in [4.69, 9.17) is 0 Å². The molecule has 1 saturated heterocycles. The van der Waals surface area contributed by atoms with Gasteiger partial charge in [0.15, 0.2) is 0 Å². The summed E-state index contributed by atoms with van der Waals surface area (Å²) in [6.45, 7) is 7.72. The lowest BCUT2D eigenvalue weighted by atomic mass is 10.1. The number of hydrogen-bond acceptors (Lipinski definition) is 4. The summed E-state index contributed by atoms with van der Waals surface area (Å²) in [6.07, 6.45) is 0.